The molecule has 0 amide bonds. The number of benzene rings is 1. The van der Waals surface area contributed by atoms with Crippen LogP contribution in [0.1, 0.15) is 0 Å². The highest BCUT2D eigenvalue weighted by Crippen LogP contribution is 2.35. The van der Waals surface area contributed by atoms with Gasteiger partial charge in [0.2, 0.25) is 0 Å². The first-order chi connectivity index (χ1) is 9.72. The fourth-order valence-corrected chi connectivity index (χ4v) is 2.50. The number of hydrogen-bond donors (Lipinski definition) is 2. The summed E-state index contributed by atoms with van der Waals surface area (Å²) in [6.07, 6.45) is 1.52. The van der Waals surface area contributed by atoms with Crippen molar-refractivity contribution in [3.05, 3.63) is 41.6 Å². The molecule has 0 aliphatic carbocycles. The van der Waals surface area contributed by atoms with E-state index in [2.05, 4.69) is 9.97 Å². The van der Waals surface area contributed by atoms with Crippen LogP contribution in [0.25, 0.3) is 22.3 Å². The van der Waals surface area contributed by atoms with Gasteiger partial charge in [0, 0.05) is 11.8 Å². The van der Waals surface area contributed by atoms with Crippen molar-refractivity contribution in [1.29, 1.82) is 0 Å². The van der Waals surface area contributed by atoms with Crippen LogP contribution in [-0.2, 0) is 6.54 Å². The van der Waals surface area contributed by atoms with E-state index in [0.717, 1.165) is 11.1 Å². The summed E-state index contributed by atoms with van der Waals surface area (Å²) in [4.78, 5) is 8.12. The molecule has 102 valence electrons. The second-order valence-corrected chi connectivity index (χ2v) is 4.71. The second-order valence-electron chi connectivity index (χ2n) is 4.31. The first kappa shape index (κ1) is 12.9. The lowest BCUT2D eigenvalue weighted by molar-refractivity contribution is 0.268. The van der Waals surface area contributed by atoms with Gasteiger partial charge in [-0.25, -0.2) is 4.98 Å². The molecule has 2 N–H and O–H groups in total. The summed E-state index contributed by atoms with van der Waals surface area (Å²) in [7, 11) is 0. The summed E-state index contributed by atoms with van der Waals surface area (Å²) < 4.78 is 1.51. The summed E-state index contributed by atoms with van der Waals surface area (Å²) in [6.45, 7) is 0.115. The van der Waals surface area contributed by atoms with E-state index in [1.807, 2.05) is 30.3 Å². The summed E-state index contributed by atoms with van der Waals surface area (Å²) in [5, 5.41) is 19.5. The topological polar surface area (TPSA) is 71.2 Å². The van der Waals surface area contributed by atoms with Crippen LogP contribution in [0.5, 0.6) is 6.01 Å². The lowest BCUT2D eigenvalue weighted by atomic mass is 10.1. The second kappa shape index (κ2) is 5.11. The first-order valence-corrected chi connectivity index (χ1v) is 6.50. The lowest BCUT2D eigenvalue weighted by Crippen LogP contribution is -2.02. The number of pyridine rings is 1. The van der Waals surface area contributed by atoms with Crippen LogP contribution >= 0.6 is 11.6 Å². The molecule has 0 saturated heterocycles. The molecule has 1 aromatic carbocycles. The predicted molar refractivity (Wildman–Crippen MR) is 76.7 cm³/mol. The molecule has 2 aromatic heterocycles. The Labute approximate surface area is 120 Å². The van der Waals surface area contributed by atoms with Crippen LogP contribution in [0.2, 0.25) is 5.02 Å². The van der Waals surface area contributed by atoms with Crippen molar-refractivity contribution in [1.82, 2.24) is 14.5 Å². The molecule has 5 nitrogen and oxygen atoms in total. The average molecular weight is 290 g/mol. The van der Waals surface area contributed by atoms with Crippen LogP contribution in [-0.4, -0.2) is 31.4 Å². The highest BCUT2D eigenvalue weighted by molar-refractivity contribution is 6.34. The Morgan fingerprint density at radius 1 is 1.20 bits per heavy atom. The molecule has 6 heteroatoms. The minimum atomic E-state index is -0.180. The van der Waals surface area contributed by atoms with Gasteiger partial charge in [-0.2, -0.15) is 4.98 Å². The molecule has 20 heavy (non-hydrogen) atoms. The maximum absolute atomic E-state index is 9.89. The number of aromatic hydroxyl groups is 1. The fraction of sp³-hybridized carbons (Fsp3) is 0.143. The van der Waals surface area contributed by atoms with Gasteiger partial charge in [-0.1, -0.05) is 41.9 Å². The summed E-state index contributed by atoms with van der Waals surface area (Å²) >= 11 is 6.27. The van der Waals surface area contributed by atoms with E-state index in [1.165, 1.54) is 10.8 Å². The van der Waals surface area contributed by atoms with Gasteiger partial charge >= 0.3 is 0 Å². The van der Waals surface area contributed by atoms with Gasteiger partial charge in [0.05, 0.1) is 23.7 Å². The number of aliphatic hydroxyl groups is 1. The smallest absolute Gasteiger partial charge is 0.296 e. The van der Waals surface area contributed by atoms with Gasteiger partial charge < -0.3 is 10.2 Å². The van der Waals surface area contributed by atoms with Gasteiger partial charge in [-0.15, -0.1) is 0 Å². The normalized spacial score (nSPS) is 11.1. The Morgan fingerprint density at radius 3 is 2.65 bits per heavy atom. The third-order valence-corrected chi connectivity index (χ3v) is 3.38. The SMILES string of the molecule is OCCn1c(O)nc2ncc(Cl)c(-c3ccccc3)c21. The lowest BCUT2D eigenvalue weighted by Gasteiger charge is -2.09. The summed E-state index contributed by atoms with van der Waals surface area (Å²) in [5.41, 5.74) is 2.68. The molecule has 0 saturated carbocycles. The number of aliphatic hydroxyl groups excluding tert-OH is 1. The molecular weight excluding hydrogens is 278 g/mol. The van der Waals surface area contributed by atoms with E-state index in [-0.39, 0.29) is 19.2 Å². The van der Waals surface area contributed by atoms with E-state index < -0.39 is 0 Å². The van der Waals surface area contributed by atoms with Gasteiger partial charge in [-0.05, 0) is 5.56 Å². The molecule has 2 heterocycles. The number of rotatable bonds is 3. The minimum absolute atomic E-state index is 0.111. The number of halogens is 1. The van der Waals surface area contributed by atoms with E-state index in [1.54, 1.807) is 0 Å². The standard InChI is InChI=1S/C14H12ClN3O2/c15-10-8-16-13-12(18(6-7-19)14(20)17-13)11(10)9-4-2-1-3-5-9/h1-5,8,19H,6-7H2,(H,16,17,20). The maximum atomic E-state index is 9.89. The molecule has 0 unspecified atom stereocenters. The predicted octanol–water partition coefficient (Wildman–Crippen LogP) is 2.45. The van der Waals surface area contributed by atoms with E-state index in [4.69, 9.17) is 16.7 Å². The average Bonchev–Trinajstić information content (AvgIpc) is 2.77. The van der Waals surface area contributed by atoms with Crippen LogP contribution < -0.4 is 0 Å². The van der Waals surface area contributed by atoms with Gasteiger partial charge in [0.25, 0.3) is 6.01 Å². The van der Waals surface area contributed by atoms with E-state index in [0.29, 0.717) is 16.2 Å². The zero-order valence-corrected chi connectivity index (χ0v) is 11.2. The summed E-state index contributed by atoms with van der Waals surface area (Å²) in [6, 6.07) is 9.40. The molecular formula is C14H12ClN3O2. The monoisotopic (exact) mass is 289 g/mol. The zero-order chi connectivity index (χ0) is 14.1. The van der Waals surface area contributed by atoms with Crippen molar-refractivity contribution >= 4 is 22.8 Å². The van der Waals surface area contributed by atoms with Gasteiger partial charge in [0.1, 0.15) is 0 Å². The Bertz CT molecular complexity index is 756. The van der Waals surface area contributed by atoms with Crippen molar-refractivity contribution in [2.24, 2.45) is 0 Å². The summed E-state index contributed by atoms with van der Waals surface area (Å²) in [5.74, 6) is 0. The Balaban J connectivity index is 2.37. The number of aromatic nitrogens is 3. The molecule has 0 aliphatic heterocycles. The first-order valence-electron chi connectivity index (χ1n) is 6.12. The largest absolute Gasteiger partial charge is 0.480 e. The quantitative estimate of drug-likeness (QED) is 0.777. The Kier molecular flexibility index (Phi) is 3.30. The molecule has 3 aromatic rings. The number of fused-ring (bicyclic) bond motifs is 1. The third-order valence-electron chi connectivity index (χ3n) is 3.09. The minimum Gasteiger partial charge on any atom is -0.480 e. The van der Waals surface area contributed by atoms with Crippen molar-refractivity contribution in [2.75, 3.05) is 6.61 Å². The Morgan fingerprint density at radius 2 is 1.95 bits per heavy atom. The number of imidazole rings is 1. The maximum Gasteiger partial charge on any atom is 0.296 e. The Hall–Kier alpha value is -2.11. The molecule has 0 fully saturated rings. The van der Waals surface area contributed by atoms with Gasteiger partial charge in [0.15, 0.2) is 5.65 Å². The van der Waals surface area contributed by atoms with Crippen LogP contribution in [0, 0.1) is 0 Å². The highest BCUT2D eigenvalue weighted by atomic mass is 35.5. The highest BCUT2D eigenvalue weighted by Gasteiger charge is 2.18. The van der Waals surface area contributed by atoms with Crippen LogP contribution in [0.15, 0.2) is 36.5 Å². The molecule has 0 spiro atoms. The molecule has 0 atom stereocenters. The number of hydrogen-bond acceptors (Lipinski definition) is 4. The van der Waals surface area contributed by atoms with Crippen molar-refractivity contribution in [2.45, 2.75) is 6.54 Å². The van der Waals surface area contributed by atoms with E-state index in [9.17, 15) is 5.11 Å². The number of nitrogens with zero attached hydrogens (tertiary/aromatic N) is 3. The molecule has 3 rings (SSSR count). The van der Waals surface area contributed by atoms with Gasteiger partial charge in [-0.3, -0.25) is 4.57 Å². The van der Waals surface area contributed by atoms with Crippen molar-refractivity contribution in [3.8, 4) is 17.1 Å². The molecule has 0 radical (unpaired) electrons. The third kappa shape index (κ3) is 2.01. The fourth-order valence-electron chi connectivity index (χ4n) is 2.25. The molecule has 0 bridgehead atoms. The molecule has 0 aliphatic rings. The van der Waals surface area contributed by atoms with Crippen molar-refractivity contribution < 1.29 is 10.2 Å². The van der Waals surface area contributed by atoms with E-state index >= 15 is 0 Å². The van der Waals surface area contributed by atoms with Crippen LogP contribution in [0.4, 0.5) is 0 Å². The van der Waals surface area contributed by atoms with Crippen molar-refractivity contribution in [3.63, 3.8) is 0 Å². The zero-order valence-electron chi connectivity index (χ0n) is 10.5. The van der Waals surface area contributed by atoms with Crippen LogP contribution in [0.3, 0.4) is 0 Å².